The zero-order chi connectivity index (χ0) is 20.8. The first kappa shape index (κ1) is 20.8. The molecule has 1 spiro atoms. The van der Waals surface area contributed by atoms with Crippen molar-refractivity contribution in [1.82, 2.24) is 0 Å². The Kier molecular flexibility index (Phi) is 5.48. The first-order valence-electron chi connectivity index (χ1n) is 10.5. The molecule has 5 aliphatic rings. The van der Waals surface area contributed by atoms with Crippen LogP contribution in [0.5, 0.6) is 0 Å². The van der Waals surface area contributed by atoms with Gasteiger partial charge in [0.2, 0.25) is 12.1 Å². The minimum atomic E-state index is -0.878. The number of ether oxygens (including phenoxy) is 4. The van der Waals surface area contributed by atoms with Crippen LogP contribution >= 0.6 is 0 Å². The molecule has 5 fully saturated rings. The van der Waals surface area contributed by atoms with Gasteiger partial charge in [0.25, 0.3) is 0 Å². The van der Waals surface area contributed by atoms with Gasteiger partial charge in [-0.15, -0.1) is 0 Å². The van der Waals surface area contributed by atoms with E-state index in [0.29, 0.717) is 5.92 Å². The Morgan fingerprint density at radius 1 is 1.07 bits per heavy atom. The number of carbonyl (C=O) groups is 2. The van der Waals surface area contributed by atoms with Crippen LogP contribution in [0.25, 0.3) is 0 Å². The fourth-order valence-electron chi connectivity index (χ4n) is 5.49. The van der Waals surface area contributed by atoms with Crippen molar-refractivity contribution in [3.8, 4) is 0 Å². The van der Waals surface area contributed by atoms with E-state index in [0.717, 1.165) is 37.8 Å². The maximum Gasteiger partial charge on any atom is 0.333 e. The molecule has 8 nitrogen and oxygen atoms in total. The van der Waals surface area contributed by atoms with Gasteiger partial charge in [0.05, 0.1) is 6.61 Å². The molecule has 8 atom stereocenters. The van der Waals surface area contributed by atoms with E-state index in [1.807, 2.05) is 13.8 Å². The summed E-state index contributed by atoms with van der Waals surface area (Å²) in [6.07, 6.45) is 4.28. The first-order valence-corrected chi connectivity index (χ1v) is 10.5. The number of fused-ring (bicyclic) bond motifs is 2. The fourth-order valence-corrected chi connectivity index (χ4v) is 5.49. The van der Waals surface area contributed by atoms with E-state index < -0.39 is 35.9 Å². The molecule has 8 heteroatoms. The molecule has 0 aromatic rings. The van der Waals surface area contributed by atoms with Crippen molar-refractivity contribution in [2.75, 3.05) is 6.61 Å². The van der Waals surface area contributed by atoms with Gasteiger partial charge < -0.3 is 18.9 Å². The maximum atomic E-state index is 12.2. The van der Waals surface area contributed by atoms with Crippen molar-refractivity contribution >= 4 is 11.9 Å². The molecule has 4 aliphatic heterocycles. The highest BCUT2D eigenvalue weighted by Crippen LogP contribution is 2.60. The average molecular weight is 410 g/mol. The Morgan fingerprint density at radius 2 is 1.83 bits per heavy atom. The third-order valence-electron chi connectivity index (χ3n) is 6.97. The van der Waals surface area contributed by atoms with Gasteiger partial charge in [-0.1, -0.05) is 13.8 Å². The smallest absolute Gasteiger partial charge is 0.333 e. The van der Waals surface area contributed by atoms with E-state index in [4.69, 9.17) is 28.7 Å². The molecule has 1 aliphatic carbocycles. The average Bonchev–Trinajstić information content (AvgIpc) is 2.90. The largest absolute Gasteiger partial charge is 0.463 e. The molecule has 0 amide bonds. The third kappa shape index (κ3) is 3.50. The summed E-state index contributed by atoms with van der Waals surface area (Å²) in [5.41, 5.74) is -0.698. The summed E-state index contributed by atoms with van der Waals surface area (Å²) in [5.74, 6) is -1.46. The van der Waals surface area contributed by atoms with Crippen LogP contribution in [0.15, 0.2) is 12.2 Å². The second-order valence-electron chi connectivity index (χ2n) is 8.80. The lowest BCUT2D eigenvalue weighted by Gasteiger charge is -2.59. The summed E-state index contributed by atoms with van der Waals surface area (Å²) in [6, 6.07) is 0. The fraction of sp³-hybridized carbons (Fsp3) is 0.810. The quantitative estimate of drug-likeness (QED) is 0.397. The van der Waals surface area contributed by atoms with E-state index in [2.05, 4.69) is 6.92 Å². The van der Waals surface area contributed by atoms with Gasteiger partial charge >= 0.3 is 11.9 Å². The van der Waals surface area contributed by atoms with Gasteiger partial charge in [-0.2, -0.15) is 0 Å². The van der Waals surface area contributed by atoms with E-state index >= 15 is 0 Å². The van der Waals surface area contributed by atoms with Crippen LogP contribution in [0.3, 0.4) is 0 Å². The van der Waals surface area contributed by atoms with Crippen LogP contribution in [-0.4, -0.2) is 42.5 Å². The normalized spacial score (nSPS) is 46.1. The highest BCUT2D eigenvalue weighted by molar-refractivity contribution is 5.91. The van der Waals surface area contributed by atoms with Crippen LogP contribution in [-0.2, 0) is 38.3 Å². The third-order valence-corrected chi connectivity index (χ3v) is 6.97. The Labute approximate surface area is 170 Å². The molecular formula is C21H30O8. The molecule has 4 heterocycles. The molecule has 2 bridgehead atoms. The van der Waals surface area contributed by atoms with Crippen molar-refractivity contribution in [1.29, 1.82) is 0 Å². The predicted molar refractivity (Wildman–Crippen MR) is 98.7 cm³/mol. The Balaban J connectivity index is 1.55. The summed E-state index contributed by atoms with van der Waals surface area (Å²) in [7, 11) is 0. The maximum absolute atomic E-state index is 12.2. The molecule has 5 rings (SSSR count). The van der Waals surface area contributed by atoms with Gasteiger partial charge in [-0.05, 0) is 44.9 Å². The monoisotopic (exact) mass is 410 g/mol. The predicted octanol–water partition coefficient (Wildman–Crippen LogP) is 2.86. The van der Waals surface area contributed by atoms with Crippen LogP contribution in [0.4, 0.5) is 0 Å². The van der Waals surface area contributed by atoms with Gasteiger partial charge in [0, 0.05) is 30.4 Å². The highest BCUT2D eigenvalue weighted by Gasteiger charge is 2.69. The zero-order valence-electron chi connectivity index (χ0n) is 17.4. The molecule has 162 valence electrons. The molecule has 4 saturated heterocycles. The lowest BCUT2D eigenvalue weighted by Crippen LogP contribution is -2.70. The summed E-state index contributed by atoms with van der Waals surface area (Å²) >= 11 is 0. The molecule has 29 heavy (non-hydrogen) atoms. The van der Waals surface area contributed by atoms with Crippen LogP contribution < -0.4 is 0 Å². The molecule has 0 aromatic carbocycles. The SMILES string of the molecule is CCOC(=O)/C=C/C(=O)O[C@@H]1O[C@@H]2O[C@@]3(C)CC[C@@H]4[C@H](C)CC[C@H]([C@@H]1C)[C@@]24OO3. The molecule has 0 unspecified atom stereocenters. The van der Waals surface area contributed by atoms with Crippen LogP contribution in [0.2, 0.25) is 0 Å². The first-order chi connectivity index (χ1) is 13.8. The van der Waals surface area contributed by atoms with Crippen molar-refractivity contribution in [2.24, 2.45) is 23.7 Å². The number of hydrogen-bond donors (Lipinski definition) is 0. The number of rotatable bonds is 4. The lowest BCUT2D eigenvalue weighted by atomic mass is 9.58. The van der Waals surface area contributed by atoms with Crippen molar-refractivity contribution in [2.45, 2.75) is 77.3 Å². The van der Waals surface area contributed by atoms with E-state index in [1.54, 1.807) is 6.92 Å². The van der Waals surface area contributed by atoms with Gasteiger partial charge in [0.1, 0.15) is 0 Å². The summed E-state index contributed by atoms with van der Waals surface area (Å²) < 4.78 is 22.7. The molecule has 0 radical (unpaired) electrons. The second-order valence-corrected chi connectivity index (χ2v) is 8.80. The van der Waals surface area contributed by atoms with E-state index in [-0.39, 0.29) is 24.4 Å². The van der Waals surface area contributed by atoms with Crippen molar-refractivity contribution < 1.29 is 38.3 Å². The highest BCUT2D eigenvalue weighted by atomic mass is 17.3. The zero-order valence-corrected chi connectivity index (χ0v) is 17.4. The molecule has 1 saturated carbocycles. The van der Waals surface area contributed by atoms with Crippen molar-refractivity contribution in [3.05, 3.63) is 12.2 Å². The van der Waals surface area contributed by atoms with Gasteiger partial charge in [-0.25, -0.2) is 19.4 Å². The summed E-state index contributed by atoms with van der Waals surface area (Å²) in [6.45, 7) is 8.03. The van der Waals surface area contributed by atoms with Gasteiger partial charge in [0.15, 0.2) is 11.9 Å². The number of esters is 2. The summed E-state index contributed by atoms with van der Waals surface area (Å²) in [4.78, 5) is 35.5. The van der Waals surface area contributed by atoms with Crippen molar-refractivity contribution in [3.63, 3.8) is 0 Å². The standard InChI is InChI=1S/C21H30O8/c1-5-24-16(22)8-9-17(23)25-18-13(3)15-7-6-12(2)14-10-11-20(4)27-19(26-18)21(14,15)29-28-20/h8-9,12-15,18-19H,5-7,10-11H2,1-4H3/b9-8+/t12-,13+,14-,15-,18-,19-,20-,21-/m1/s1. The minimum absolute atomic E-state index is 0.0666. The summed E-state index contributed by atoms with van der Waals surface area (Å²) in [5, 5.41) is 0. The topological polar surface area (TPSA) is 89.5 Å². The Bertz CT molecular complexity index is 692. The second kappa shape index (κ2) is 7.65. The minimum Gasteiger partial charge on any atom is -0.463 e. The Morgan fingerprint density at radius 3 is 2.59 bits per heavy atom. The number of hydrogen-bond acceptors (Lipinski definition) is 8. The van der Waals surface area contributed by atoms with Gasteiger partial charge in [-0.3, -0.25) is 0 Å². The van der Waals surface area contributed by atoms with Crippen LogP contribution in [0, 0.1) is 23.7 Å². The van der Waals surface area contributed by atoms with E-state index in [9.17, 15) is 9.59 Å². The van der Waals surface area contributed by atoms with E-state index in [1.165, 1.54) is 0 Å². The number of carbonyl (C=O) groups excluding carboxylic acids is 2. The Hall–Kier alpha value is -1.48. The molecular weight excluding hydrogens is 380 g/mol. The molecule has 0 aromatic heterocycles. The lowest BCUT2D eigenvalue weighted by molar-refractivity contribution is -0.576. The molecule has 0 N–H and O–H groups in total. The van der Waals surface area contributed by atoms with Crippen LogP contribution in [0.1, 0.15) is 53.4 Å².